The van der Waals surface area contributed by atoms with E-state index in [0.717, 1.165) is 55.6 Å². The maximum atomic E-state index is 13.6. The van der Waals surface area contributed by atoms with Crippen molar-refractivity contribution >= 4 is 17.9 Å². The second-order valence-electron chi connectivity index (χ2n) is 16.5. The zero-order valence-electron chi connectivity index (χ0n) is 31.3. The number of nitrogens with two attached hydrogens (primary N) is 1. The summed E-state index contributed by atoms with van der Waals surface area (Å²) in [5.41, 5.74) is 8.06. The van der Waals surface area contributed by atoms with Crippen LogP contribution < -0.4 is 27.0 Å². The molecule has 4 rings (SSSR count). The van der Waals surface area contributed by atoms with Gasteiger partial charge in [0, 0.05) is 36.9 Å². The number of amides is 3. The summed E-state index contributed by atoms with van der Waals surface area (Å²) in [6.07, 6.45) is 6.12. The lowest BCUT2D eigenvalue weighted by Crippen LogP contribution is -2.55. The van der Waals surface area contributed by atoms with Gasteiger partial charge in [-0.05, 0) is 53.4 Å². The first-order valence-electron chi connectivity index (χ1n) is 18.4. The molecule has 1 aromatic carbocycles. The van der Waals surface area contributed by atoms with Gasteiger partial charge in [-0.1, -0.05) is 111 Å². The first kappa shape index (κ1) is 38.8. The Bertz CT molecular complexity index is 1400. The van der Waals surface area contributed by atoms with Crippen LogP contribution in [0.5, 0.6) is 0 Å². The highest BCUT2D eigenvalue weighted by Crippen LogP contribution is 2.52. The lowest BCUT2D eigenvalue weighted by atomic mass is 9.80. The Labute approximate surface area is 300 Å². The molecule has 2 saturated carbocycles. The maximum Gasteiger partial charge on any atom is 0.407 e. The summed E-state index contributed by atoms with van der Waals surface area (Å²) in [5.74, 6) is 1.38. The van der Waals surface area contributed by atoms with Crippen LogP contribution in [-0.2, 0) is 16.1 Å². The molecule has 3 amide bonds. The van der Waals surface area contributed by atoms with Crippen molar-refractivity contribution in [3.63, 3.8) is 0 Å². The summed E-state index contributed by atoms with van der Waals surface area (Å²) in [4.78, 5) is 41.5. The van der Waals surface area contributed by atoms with Gasteiger partial charge in [-0.15, -0.1) is 0 Å². The normalized spacial score (nSPS) is 21.8. The zero-order valence-corrected chi connectivity index (χ0v) is 31.3. The van der Waals surface area contributed by atoms with Crippen LogP contribution in [0.4, 0.5) is 9.59 Å². The van der Waals surface area contributed by atoms with E-state index in [1.54, 1.807) is 0 Å². The third-order valence-electron chi connectivity index (χ3n) is 11.3. The van der Waals surface area contributed by atoms with Crippen LogP contribution in [0.2, 0.25) is 0 Å². The largest absolute Gasteiger partial charge is 0.447 e. The SMILES string of the molecule is C=C(N)C(=O)C(CC1CCC1)NC(=C)C1[C@H]2C[C@H]2CN1C(=C)CC(NC(=O)NC(COC(=O)NCc1ccccc1)C(C)(C)CC)C(C)(C)C. The number of carbonyl (C=O) groups is 3. The molecule has 50 heavy (non-hydrogen) atoms. The average Bonchev–Trinajstić information content (AvgIpc) is 3.70. The van der Waals surface area contributed by atoms with Crippen LogP contribution in [0.1, 0.15) is 92.1 Å². The van der Waals surface area contributed by atoms with Gasteiger partial charge in [0.25, 0.3) is 0 Å². The smallest absolute Gasteiger partial charge is 0.407 e. The minimum Gasteiger partial charge on any atom is -0.447 e. The molecular weight excluding hydrogens is 628 g/mol. The van der Waals surface area contributed by atoms with Crippen LogP contribution in [0.15, 0.2) is 67.2 Å². The molecule has 3 aliphatic rings. The number of Topliss-reactive ketones (excluding diaryl/α,β-unsaturated/α-hetero) is 1. The van der Waals surface area contributed by atoms with Gasteiger partial charge in [-0.25, -0.2) is 9.59 Å². The maximum absolute atomic E-state index is 13.6. The number of nitrogens with zero attached hydrogens (tertiary/aromatic N) is 1. The first-order valence-corrected chi connectivity index (χ1v) is 18.4. The lowest BCUT2D eigenvalue weighted by Gasteiger charge is -2.39. The van der Waals surface area contributed by atoms with Gasteiger partial charge in [0.2, 0.25) is 0 Å². The van der Waals surface area contributed by atoms with Crippen molar-refractivity contribution in [3.05, 3.63) is 72.7 Å². The Balaban J connectivity index is 1.37. The summed E-state index contributed by atoms with van der Waals surface area (Å²) in [7, 11) is 0. The second-order valence-corrected chi connectivity index (χ2v) is 16.5. The van der Waals surface area contributed by atoms with Crippen LogP contribution >= 0.6 is 0 Å². The van der Waals surface area contributed by atoms with Crippen LogP contribution in [0.3, 0.4) is 0 Å². The van der Waals surface area contributed by atoms with Crippen molar-refractivity contribution in [3.8, 4) is 0 Å². The molecule has 1 aliphatic heterocycles. The lowest BCUT2D eigenvalue weighted by molar-refractivity contribution is -0.118. The molecule has 0 aromatic heterocycles. The monoisotopic (exact) mass is 690 g/mol. The molecule has 1 saturated heterocycles. The van der Waals surface area contributed by atoms with Gasteiger partial charge in [-0.3, -0.25) is 4.79 Å². The number of hydrogen-bond acceptors (Lipinski definition) is 7. The van der Waals surface area contributed by atoms with Gasteiger partial charge in [-0.2, -0.15) is 0 Å². The van der Waals surface area contributed by atoms with E-state index in [1.807, 2.05) is 30.3 Å². The topological polar surface area (TPSA) is 138 Å². The highest BCUT2D eigenvalue weighted by Gasteiger charge is 2.54. The Morgan fingerprint density at radius 2 is 1.66 bits per heavy atom. The number of carbonyl (C=O) groups excluding carboxylic acids is 3. The Morgan fingerprint density at radius 1 is 1.00 bits per heavy atom. The standard InChI is InChI=1S/C40H62N6O4/c1-10-40(8,9)34(24-50-38(49)42-22-29-15-12-11-13-16-29)45-37(48)44-33(39(5,6)7)19-25(2)46-23-30-21-31(30)35(46)27(4)43-32(36(47)26(3)41)20-28-17-14-18-28/h11-13,15-16,28,30-35,43H,2-4,10,14,17-24,41H2,1,5-9H3,(H,42,49)(H2,44,45,48)/t30-,31-,32?,33?,34?,35?/m0/s1. The number of piperidine rings is 1. The number of alkyl carbamates (subject to hydrolysis) is 1. The fourth-order valence-corrected chi connectivity index (χ4v) is 7.04. The van der Waals surface area contributed by atoms with Crippen molar-refractivity contribution in [2.75, 3.05) is 13.2 Å². The van der Waals surface area contributed by atoms with Crippen LogP contribution in [0.25, 0.3) is 0 Å². The number of hydrogen-bond donors (Lipinski definition) is 5. The number of nitrogens with one attached hydrogen (secondary N) is 4. The number of rotatable bonds is 18. The van der Waals surface area contributed by atoms with E-state index in [1.165, 1.54) is 6.42 Å². The van der Waals surface area contributed by atoms with Crippen molar-refractivity contribution in [2.45, 2.75) is 117 Å². The molecule has 10 nitrogen and oxygen atoms in total. The highest BCUT2D eigenvalue weighted by atomic mass is 16.5. The number of urea groups is 1. The first-order chi connectivity index (χ1) is 23.5. The van der Waals surface area contributed by atoms with Gasteiger partial charge in [0.05, 0.1) is 23.8 Å². The summed E-state index contributed by atoms with van der Waals surface area (Å²) in [6.45, 7) is 26.4. The van der Waals surface area contributed by atoms with Gasteiger partial charge < -0.3 is 36.6 Å². The molecular formula is C40H62N6O4. The highest BCUT2D eigenvalue weighted by molar-refractivity contribution is 5.98. The molecule has 276 valence electrons. The van der Waals surface area contributed by atoms with Gasteiger partial charge in [0.15, 0.2) is 5.78 Å². The van der Waals surface area contributed by atoms with Crippen molar-refractivity contribution in [2.24, 2.45) is 34.3 Å². The molecule has 0 radical (unpaired) electrons. The van der Waals surface area contributed by atoms with Gasteiger partial charge >= 0.3 is 12.1 Å². The molecule has 6 atom stereocenters. The summed E-state index contributed by atoms with van der Waals surface area (Å²) in [6, 6.07) is 8.26. The zero-order chi connectivity index (χ0) is 36.8. The van der Waals surface area contributed by atoms with Crippen molar-refractivity contribution in [1.82, 2.24) is 26.2 Å². The van der Waals surface area contributed by atoms with Crippen LogP contribution in [0, 0.1) is 28.6 Å². The molecule has 0 spiro atoms. The van der Waals surface area contributed by atoms with Crippen LogP contribution in [-0.4, -0.2) is 60.1 Å². The number of ketones is 1. The molecule has 6 N–H and O–H groups in total. The van der Waals surface area contributed by atoms with E-state index in [-0.39, 0.29) is 47.0 Å². The molecule has 3 fully saturated rings. The Morgan fingerprint density at radius 3 is 2.24 bits per heavy atom. The quantitative estimate of drug-likeness (QED) is 0.113. The van der Waals surface area contributed by atoms with E-state index in [0.29, 0.717) is 30.7 Å². The molecule has 4 unspecified atom stereocenters. The average molecular weight is 691 g/mol. The number of likely N-dealkylation sites (tertiary alicyclic amines) is 1. The summed E-state index contributed by atoms with van der Waals surface area (Å²) < 4.78 is 5.59. The second kappa shape index (κ2) is 16.4. The fraction of sp³-hybridized carbons (Fsp3) is 0.625. The number of ether oxygens (including phenoxy) is 1. The third kappa shape index (κ3) is 10.3. The third-order valence-corrected chi connectivity index (χ3v) is 11.3. The predicted octanol–water partition coefficient (Wildman–Crippen LogP) is 6.36. The Kier molecular flexibility index (Phi) is 12.7. The Hall–Kier alpha value is -3.95. The fourth-order valence-electron chi connectivity index (χ4n) is 7.04. The molecule has 0 bridgehead atoms. The van der Waals surface area contributed by atoms with E-state index in [4.69, 9.17) is 10.5 Å². The molecule has 1 heterocycles. The molecule has 1 aromatic rings. The van der Waals surface area contributed by atoms with E-state index < -0.39 is 18.2 Å². The van der Waals surface area contributed by atoms with E-state index in [2.05, 4.69) is 87.4 Å². The minimum atomic E-state index is -0.530. The molecule has 2 aliphatic carbocycles. The number of benzene rings is 1. The predicted molar refractivity (Wildman–Crippen MR) is 200 cm³/mol. The summed E-state index contributed by atoms with van der Waals surface area (Å²) in [5, 5.41) is 12.6. The van der Waals surface area contributed by atoms with E-state index in [9.17, 15) is 14.4 Å². The van der Waals surface area contributed by atoms with E-state index >= 15 is 0 Å². The molecule has 10 heteroatoms. The van der Waals surface area contributed by atoms with Crippen molar-refractivity contribution < 1.29 is 19.1 Å². The van der Waals surface area contributed by atoms with Crippen molar-refractivity contribution in [1.29, 1.82) is 0 Å². The number of fused-ring (bicyclic) bond motifs is 1. The minimum absolute atomic E-state index is 0.0181. The summed E-state index contributed by atoms with van der Waals surface area (Å²) >= 11 is 0. The van der Waals surface area contributed by atoms with Gasteiger partial charge in [0.1, 0.15) is 6.61 Å².